The summed E-state index contributed by atoms with van der Waals surface area (Å²) in [5, 5.41) is 3.15. The second-order valence-corrected chi connectivity index (χ2v) is 6.12. The fraction of sp³-hybridized carbons (Fsp3) is 0.286. The molecule has 2 heterocycles. The third kappa shape index (κ3) is 3.49. The number of halogens is 1. The van der Waals surface area contributed by atoms with E-state index < -0.39 is 0 Å². The molecule has 1 amide bonds. The van der Waals surface area contributed by atoms with Crippen molar-refractivity contribution in [3.8, 4) is 0 Å². The molecule has 0 atom stereocenters. The molecule has 0 saturated carbocycles. The van der Waals surface area contributed by atoms with Crippen LogP contribution in [0.25, 0.3) is 0 Å². The number of rotatable bonds is 5. The fourth-order valence-electron chi connectivity index (χ4n) is 1.86. The standard InChI is InChI=1S/C14H16ClN3OS/c1-3-17-12-8-16-7-6-11(12)14(19)18(2)9-10-4-5-13(15)20-10/h4-8,17H,3,9H2,1-2H3. The van der Waals surface area contributed by atoms with Crippen LogP contribution in [-0.4, -0.2) is 29.4 Å². The van der Waals surface area contributed by atoms with Crippen molar-refractivity contribution >= 4 is 34.5 Å². The molecule has 0 bridgehead atoms. The molecule has 0 aromatic carbocycles. The van der Waals surface area contributed by atoms with E-state index in [-0.39, 0.29) is 5.91 Å². The number of nitrogens with zero attached hydrogens (tertiary/aromatic N) is 2. The van der Waals surface area contributed by atoms with E-state index in [0.29, 0.717) is 12.1 Å². The first-order valence-corrected chi connectivity index (χ1v) is 7.48. The second-order valence-electron chi connectivity index (χ2n) is 4.32. The zero-order chi connectivity index (χ0) is 14.5. The largest absolute Gasteiger partial charge is 0.383 e. The van der Waals surface area contributed by atoms with Gasteiger partial charge in [0, 0.05) is 24.7 Å². The molecule has 20 heavy (non-hydrogen) atoms. The van der Waals surface area contributed by atoms with Crippen LogP contribution in [0.3, 0.4) is 0 Å². The first-order valence-electron chi connectivity index (χ1n) is 6.29. The van der Waals surface area contributed by atoms with E-state index >= 15 is 0 Å². The minimum absolute atomic E-state index is 0.0344. The SMILES string of the molecule is CCNc1cnccc1C(=O)N(C)Cc1ccc(Cl)s1. The molecule has 0 radical (unpaired) electrons. The molecule has 0 fully saturated rings. The van der Waals surface area contributed by atoms with Gasteiger partial charge in [-0.05, 0) is 25.1 Å². The van der Waals surface area contributed by atoms with Crippen LogP contribution in [-0.2, 0) is 6.54 Å². The minimum atomic E-state index is -0.0344. The predicted octanol–water partition coefficient (Wildman–Crippen LogP) is 3.50. The lowest BCUT2D eigenvalue weighted by Crippen LogP contribution is -2.26. The Kier molecular flexibility index (Phi) is 4.98. The Morgan fingerprint density at radius 1 is 1.45 bits per heavy atom. The summed E-state index contributed by atoms with van der Waals surface area (Å²) in [6.07, 6.45) is 3.30. The summed E-state index contributed by atoms with van der Waals surface area (Å²) in [5.41, 5.74) is 1.39. The molecule has 0 spiro atoms. The van der Waals surface area contributed by atoms with Crippen LogP contribution < -0.4 is 5.32 Å². The molecule has 0 aliphatic rings. The third-order valence-corrected chi connectivity index (χ3v) is 4.00. The van der Waals surface area contributed by atoms with Crippen LogP contribution >= 0.6 is 22.9 Å². The van der Waals surface area contributed by atoms with Gasteiger partial charge in [-0.15, -0.1) is 11.3 Å². The van der Waals surface area contributed by atoms with E-state index in [0.717, 1.165) is 21.4 Å². The van der Waals surface area contributed by atoms with Gasteiger partial charge in [0.2, 0.25) is 0 Å². The zero-order valence-corrected chi connectivity index (χ0v) is 13.0. The number of amides is 1. The average Bonchev–Trinajstić information content (AvgIpc) is 2.84. The maximum absolute atomic E-state index is 12.5. The summed E-state index contributed by atoms with van der Waals surface area (Å²) < 4.78 is 0.734. The van der Waals surface area contributed by atoms with Crippen LogP contribution in [0, 0.1) is 0 Å². The predicted molar refractivity (Wildman–Crippen MR) is 83.5 cm³/mol. The van der Waals surface area contributed by atoms with Crippen LogP contribution in [0.5, 0.6) is 0 Å². The Hall–Kier alpha value is -1.59. The molecule has 0 saturated heterocycles. The number of pyridine rings is 1. The molecular formula is C14H16ClN3OS. The molecular weight excluding hydrogens is 294 g/mol. The summed E-state index contributed by atoms with van der Waals surface area (Å²) >= 11 is 7.39. The van der Waals surface area contributed by atoms with E-state index in [1.54, 1.807) is 30.4 Å². The van der Waals surface area contributed by atoms with Crippen molar-refractivity contribution in [3.63, 3.8) is 0 Å². The second kappa shape index (κ2) is 6.72. The summed E-state index contributed by atoms with van der Waals surface area (Å²) in [5.74, 6) is -0.0344. The summed E-state index contributed by atoms with van der Waals surface area (Å²) in [4.78, 5) is 19.3. The normalized spacial score (nSPS) is 10.3. The van der Waals surface area contributed by atoms with Crippen molar-refractivity contribution < 1.29 is 4.79 Å². The Labute approximate surface area is 127 Å². The number of carbonyl (C=O) groups is 1. The molecule has 0 aliphatic carbocycles. The Bertz CT molecular complexity index is 600. The van der Waals surface area contributed by atoms with E-state index in [1.807, 2.05) is 19.1 Å². The van der Waals surface area contributed by atoms with Crippen molar-refractivity contribution in [1.82, 2.24) is 9.88 Å². The van der Waals surface area contributed by atoms with E-state index in [2.05, 4.69) is 10.3 Å². The highest BCUT2D eigenvalue weighted by Crippen LogP contribution is 2.23. The average molecular weight is 310 g/mol. The maximum atomic E-state index is 12.5. The van der Waals surface area contributed by atoms with Gasteiger partial charge in [-0.3, -0.25) is 9.78 Å². The van der Waals surface area contributed by atoms with Crippen molar-refractivity contribution in [2.75, 3.05) is 18.9 Å². The Morgan fingerprint density at radius 2 is 2.25 bits per heavy atom. The van der Waals surface area contributed by atoms with Gasteiger partial charge >= 0.3 is 0 Å². The van der Waals surface area contributed by atoms with Gasteiger partial charge in [0.15, 0.2) is 0 Å². The van der Waals surface area contributed by atoms with Crippen LogP contribution in [0.4, 0.5) is 5.69 Å². The van der Waals surface area contributed by atoms with Crippen molar-refractivity contribution in [2.45, 2.75) is 13.5 Å². The number of aromatic nitrogens is 1. The molecule has 1 N–H and O–H groups in total. The Morgan fingerprint density at radius 3 is 2.90 bits per heavy atom. The van der Waals surface area contributed by atoms with Crippen LogP contribution in [0.1, 0.15) is 22.2 Å². The number of thiophene rings is 1. The lowest BCUT2D eigenvalue weighted by molar-refractivity contribution is 0.0787. The monoisotopic (exact) mass is 309 g/mol. The van der Waals surface area contributed by atoms with Gasteiger partial charge in [0.05, 0.1) is 28.3 Å². The first-order chi connectivity index (χ1) is 9.61. The van der Waals surface area contributed by atoms with Crippen molar-refractivity contribution in [1.29, 1.82) is 0 Å². The topological polar surface area (TPSA) is 45.2 Å². The van der Waals surface area contributed by atoms with E-state index in [9.17, 15) is 4.79 Å². The minimum Gasteiger partial charge on any atom is -0.383 e. The smallest absolute Gasteiger partial charge is 0.256 e. The van der Waals surface area contributed by atoms with Gasteiger partial charge < -0.3 is 10.2 Å². The molecule has 0 unspecified atom stereocenters. The van der Waals surface area contributed by atoms with E-state index in [4.69, 9.17) is 11.6 Å². The van der Waals surface area contributed by atoms with Gasteiger partial charge in [0.25, 0.3) is 5.91 Å². The highest BCUT2D eigenvalue weighted by Gasteiger charge is 2.16. The first kappa shape index (κ1) is 14.8. The van der Waals surface area contributed by atoms with E-state index in [1.165, 1.54) is 11.3 Å². The number of hydrogen-bond donors (Lipinski definition) is 1. The molecule has 2 aromatic rings. The summed E-state index contributed by atoms with van der Waals surface area (Å²) in [7, 11) is 1.78. The molecule has 0 aliphatic heterocycles. The number of hydrogen-bond acceptors (Lipinski definition) is 4. The number of nitrogens with one attached hydrogen (secondary N) is 1. The quantitative estimate of drug-likeness (QED) is 0.919. The van der Waals surface area contributed by atoms with Crippen LogP contribution in [0.2, 0.25) is 4.34 Å². The highest BCUT2D eigenvalue weighted by atomic mass is 35.5. The number of carbonyl (C=O) groups excluding carboxylic acids is 1. The molecule has 4 nitrogen and oxygen atoms in total. The summed E-state index contributed by atoms with van der Waals surface area (Å²) in [6.45, 7) is 3.28. The van der Waals surface area contributed by atoms with Crippen molar-refractivity contribution in [2.24, 2.45) is 0 Å². The van der Waals surface area contributed by atoms with Gasteiger partial charge in [-0.25, -0.2) is 0 Å². The van der Waals surface area contributed by atoms with Gasteiger partial charge in [-0.1, -0.05) is 11.6 Å². The fourth-order valence-corrected chi connectivity index (χ4v) is 3.00. The molecule has 106 valence electrons. The van der Waals surface area contributed by atoms with Crippen LogP contribution in [0.15, 0.2) is 30.6 Å². The lowest BCUT2D eigenvalue weighted by atomic mass is 10.2. The lowest BCUT2D eigenvalue weighted by Gasteiger charge is -2.18. The van der Waals surface area contributed by atoms with Gasteiger partial charge in [0.1, 0.15) is 0 Å². The number of anilines is 1. The van der Waals surface area contributed by atoms with Crippen molar-refractivity contribution in [3.05, 3.63) is 45.4 Å². The molecule has 2 rings (SSSR count). The summed E-state index contributed by atoms with van der Waals surface area (Å²) in [6, 6.07) is 5.52. The zero-order valence-electron chi connectivity index (χ0n) is 11.4. The third-order valence-electron chi connectivity index (χ3n) is 2.79. The molecule has 2 aromatic heterocycles. The van der Waals surface area contributed by atoms with Gasteiger partial charge in [-0.2, -0.15) is 0 Å². The Balaban J connectivity index is 2.14. The molecule has 6 heteroatoms. The highest BCUT2D eigenvalue weighted by molar-refractivity contribution is 7.16. The maximum Gasteiger partial charge on any atom is 0.256 e.